The first kappa shape index (κ1) is 14.8. The maximum Gasteiger partial charge on any atom is 0.344 e. The summed E-state index contributed by atoms with van der Waals surface area (Å²) >= 11 is 0. The highest BCUT2D eigenvalue weighted by Gasteiger charge is 2.08. The van der Waals surface area contributed by atoms with E-state index < -0.39 is 5.97 Å². The Hall–Kier alpha value is -2.23. The first-order valence-electron chi connectivity index (χ1n) is 5.88. The molecule has 0 N–H and O–H groups in total. The van der Waals surface area contributed by atoms with E-state index in [2.05, 4.69) is 13.2 Å². The lowest BCUT2D eigenvalue weighted by Crippen LogP contribution is -2.15. The summed E-state index contributed by atoms with van der Waals surface area (Å²) in [5.41, 5.74) is 1.06. The van der Waals surface area contributed by atoms with Gasteiger partial charge in [0.2, 0.25) is 0 Å². The molecule has 0 atom stereocenters. The van der Waals surface area contributed by atoms with Gasteiger partial charge in [-0.3, -0.25) is 0 Å². The van der Waals surface area contributed by atoms with Crippen molar-refractivity contribution in [3.63, 3.8) is 0 Å². The number of hydrogen-bond acceptors (Lipinski definition) is 4. The topological polar surface area (TPSA) is 44.8 Å². The molecule has 0 aliphatic carbocycles. The average Bonchev–Trinajstić information content (AvgIpc) is 2.43. The van der Waals surface area contributed by atoms with Crippen LogP contribution in [0.4, 0.5) is 0 Å². The minimum atomic E-state index is -0.447. The van der Waals surface area contributed by atoms with Crippen molar-refractivity contribution in [1.29, 1.82) is 0 Å². The van der Waals surface area contributed by atoms with Crippen molar-refractivity contribution in [2.24, 2.45) is 0 Å². The summed E-state index contributed by atoms with van der Waals surface area (Å²) in [4.78, 5) is 11.3. The van der Waals surface area contributed by atoms with Crippen molar-refractivity contribution in [1.82, 2.24) is 0 Å². The predicted octanol–water partition coefficient (Wildman–Crippen LogP) is 2.53. The van der Waals surface area contributed by atoms with Gasteiger partial charge in [-0.15, -0.1) is 6.58 Å². The van der Waals surface area contributed by atoms with Crippen LogP contribution in [0, 0.1) is 0 Å². The Kier molecular flexibility index (Phi) is 6.22. The van der Waals surface area contributed by atoms with Gasteiger partial charge in [0.15, 0.2) is 18.1 Å². The molecule has 102 valence electrons. The van der Waals surface area contributed by atoms with E-state index >= 15 is 0 Å². The molecule has 0 aromatic heterocycles. The van der Waals surface area contributed by atoms with Crippen LogP contribution in [0.25, 0.3) is 0 Å². The Morgan fingerprint density at radius 3 is 2.68 bits per heavy atom. The smallest absolute Gasteiger partial charge is 0.344 e. The van der Waals surface area contributed by atoms with Crippen LogP contribution in [0.2, 0.25) is 0 Å². The summed E-state index contributed by atoms with van der Waals surface area (Å²) < 4.78 is 15.4. The molecule has 0 fully saturated rings. The summed E-state index contributed by atoms with van der Waals surface area (Å²) in [5, 5.41) is 0. The molecule has 0 saturated carbocycles. The lowest BCUT2D eigenvalue weighted by Gasteiger charge is -2.11. The van der Waals surface area contributed by atoms with E-state index in [1.807, 2.05) is 18.2 Å². The van der Waals surface area contributed by atoms with Gasteiger partial charge in [-0.2, -0.15) is 0 Å². The van der Waals surface area contributed by atoms with Gasteiger partial charge in [0.1, 0.15) is 6.61 Å². The lowest BCUT2D eigenvalue weighted by atomic mass is 10.1. The fourth-order valence-corrected chi connectivity index (χ4v) is 1.46. The van der Waals surface area contributed by atoms with E-state index in [1.165, 1.54) is 6.08 Å². The molecular weight excluding hydrogens is 244 g/mol. The number of carbonyl (C=O) groups is 1. The molecule has 0 amide bonds. The number of methoxy groups -OCH3 is 1. The zero-order valence-electron chi connectivity index (χ0n) is 11.1. The average molecular weight is 262 g/mol. The molecule has 0 unspecified atom stereocenters. The number of esters is 1. The van der Waals surface area contributed by atoms with Crippen molar-refractivity contribution < 1.29 is 19.0 Å². The van der Waals surface area contributed by atoms with Gasteiger partial charge in [0.25, 0.3) is 0 Å². The van der Waals surface area contributed by atoms with Gasteiger partial charge in [0.05, 0.1) is 7.11 Å². The summed E-state index contributed by atoms with van der Waals surface area (Å²) in [6.07, 6.45) is 4.06. The molecule has 0 saturated heterocycles. The second kappa shape index (κ2) is 7.97. The number of ether oxygens (including phenoxy) is 3. The molecular formula is C15H18O4. The minimum absolute atomic E-state index is 0.162. The molecule has 0 radical (unpaired) electrons. The van der Waals surface area contributed by atoms with Crippen LogP contribution in [0.5, 0.6) is 11.5 Å². The first-order chi connectivity index (χ1) is 9.21. The van der Waals surface area contributed by atoms with Gasteiger partial charge < -0.3 is 14.2 Å². The molecule has 1 aromatic rings. The fourth-order valence-electron chi connectivity index (χ4n) is 1.46. The lowest BCUT2D eigenvalue weighted by molar-refractivity contribution is -0.144. The largest absolute Gasteiger partial charge is 0.493 e. The summed E-state index contributed by atoms with van der Waals surface area (Å²) in [7, 11) is 1.55. The number of benzene rings is 1. The SMILES string of the molecule is C=CCOC(=O)COc1ccc(CC=C)cc1OC. The van der Waals surface area contributed by atoms with Gasteiger partial charge >= 0.3 is 5.97 Å². The Labute approximate surface area is 113 Å². The number of allylic oxidation sites excluding steroid dienone is 1. The molecule has 4 heteroatoms. The molecule has 0 spiro atoms. The Balaban J connectivity index is 2.64. The minimum Gasteiger partial charge on any atom is -0.493 e. The second-order valence-corrected chi connectivity index (χ2v) is 3.74. The van der Waals surface area contributed by atoms with Gasteiger partial charge in [-0.05, 0) is 24.1 Å². The molecule has 0 heterocycles. The monoisotopic (exact) mass is 262 g/mol. The van der Waals surface area contributed by atoms with Gasteiger partial charge in [-0.1, -0.05) is 24.8 Å². The highest BCUT2D eigenvalue weighted by Crippen LogP contribution is 2.28. The van der Waals surface area contributed by atoms with Gasteiger partial charge in [0, 0.05) is 0 Å². The summed E-state index contributed by atoms with van der Waals surface area (Å²) in [6.45, 7) is 7.16. The van der Waals surface area contributed by atoms with E-state index in [-0.39, 0.29) is 13.2 Å². The Bertz CT molecular complexity index is 451. The standard InChI is InChI=1S/C15H18O4/c1-4-6-12-7-8-13(14(10-12)17-3)19-11-15(16)18-9-5-2/h4-5,7-8,10H,1-2,6,9,11H2,3H3. The van der Waals surface area contributed by atoms with Crippen LogP contribution in [0.3, 0.4) is 0 Å². The van der Waals surface area contributed by atoms with Crippen LogP contribution in [0.1, 0.15) is 5.56 Å². The van der Waals surface area contributed by atoms with Gasteiger partial charge in [-0.25, -0.2) is 4.79 Å². The van der Waals surface area contributed by atoms with Crippen molar-refractivity contribution >= 4 is 5.97 Å². The Morgan fingerprint density at radius 2 is 2.05 bits per heavy atom. The van der Waals surface area contributed by atoms with Crippen molar-refractivity contribution in [2.75, 3.05) is 20.3 Å². The quantitative estimate of drug-likeness (QED) is 0.533. The second-order valence-electron chi connectivity index (χ2n) is 3.74. The summed E-state index contributed by atoms with van der Waals surface area (Å²) in [5.74, 6) is 0.638. The molecule has 0 aliphatic heterocycles. The zero-order chi connectivity index (χ0) is 14.1. The van der Waals surface area contributed by atoms with E-state index in [9.17, 15) is 4.79 Å². The molecule has 1 rings (SSSR count). The number of carbonyl (C=O) groups excluding carboxylic acids is 1. The summed E-state index contributed by atoms with van der Waals surface area (Å²) in [6, 6.07) is 5.51. The molecule has 19 heavy (non-hydrogen) atoms. The normalized spacial score (nSPS) is 9.53. The maximum absolute atomic E-state index is 11.3. The molecule has 0 bridgehead atoms. The maximum atomic E-state index is 11.3. The number of hydrogen-bond donors (Lipinski definition) is 0. The van der Waals surface area contributed by atoms with Crippen molar-refractivity contribution in [3.8, 4) is 11.5 Å². The van der Waals surface area contributed by atoms with E-state index in [4.69, 9.17) is 14.2 Å². The van der Waals surface area contributed by atoms with Crippen LogP contribution in [-0.4, -0.2) is 26.3 Å². The molecule has 0 aliphatic rings. The predicted molar refractivity (Wildman–Crippen MR) is 73.5 cm³/mol. The third-order valence-electron chi connectivity index (χ3n) is 2.32. The van der Waals surface area contributed by atoms with Crippen LogP contribution in [-0.2, 0) is 16.0 Å². The zero-order valence-corrected chi connectivity index (χ0v) is 11.1. The van der Waals surface area contributed by atoms with Crippen molar-refractivity contribution in [3.05, 3.63) is 49.1 Å². The Morgan fingerprint density at radius 1 is 1.26 bits per heavy atom. The van der Waals surface area contributed by atoms with Crippen LogP contribution >= 0.6 is 0 Å². The number of rotatable bonds is 8. The molecule has 1 aromatic carbocycles. The van der Waals surface area contributed by atoms with Crippen LogP contribution in [0.15, 0.2) is 43.5 Å². The highest BCUT2D eigenvalue weighted by atomic mass is 16.6. The van der Waals surface area contributed by atoms with Crippen molar-refractivity contribution in [2.45, 2.75) is 6.42 Å². The van der Waals surface area contributed by atoms with E-state index in [0.29, 0.717) is 11.5 Å². The van der Waals surface area contributed by atoms with E-state index in [0.717, 1.165) is 12.0 Å². The first-order valence-corrected chi connectivity index (χ1v) is 5.88. The third-order valence-corrected chi connectivity index (χ3v) is 2.32. The fraction of sp³-hybridized carbons (Fsp3) is 0.267. The highest BCUT2D eigenvalue weighted by molar-refractivity contribution is 5.71. The third kappa shape index (κ3) is 4.87. The molecule has 4 nitrogen and oxygen atoms in total. The van der Waals surface area contributed by atoms with E-state index in [1.54, 1.807) is 13.2 Å². The van der Waals surface area contributed by atoms with Crippen LogP contribution < -0.4 is 9.47 Å².